The SMILES string of the molecule is CCOc1cc2cn(CC(=O)c3cc4c(c(C(C)(C)C)c3)OCCN4CC#N)c(NC(=O)C(F)(F)F)c2cc1C(=O)NC. The number of carbonyl (C=O) groups is 3. The van der Waals surface area contributed by atoms with E-state index in [1.165, 1.54) is 29.9 Å². The maximum atomic E-state index is 13.8. The van der Waals surface area contributed by atoms with E-state index in [0.717, 1.165) is 5.56 Å². The highest BCUT2D eigenvalue weighted by Crippen LogP contribution is 2.42. The largest absolute Gasteiger partial charge is 0.493 e. The maximum Gasteiger partial charge on any atom is 0.471 e. The first-order chi connectivity index (χ1) is 20.2. The molecular formula is C30H32F3N5O5. The number of anilines is 2. The molecule has 2 amide bonds. The van der Waals surface area contributed by atoms with Crippen LogP contribution in [0.15, 0.2) is 30.5 Å². The van der Waals surface area contributed by atoms with E-state index in [4.69, 9.17) is 9.47 Å². The lowest BCUT2D eigenvalue weighted by Crippen LogP contribution is -2.34. The molecule has 0 saturated carbocycles. The second kappa shape index (κ2) is 11.9. The van der Waals surface area contributed by atoms with Gasteiger partial charge in [0.2, 0.25) is 0 Å². The van der Waals surface area contributed by atoms with Crippen LogP contribution in [0.4, 0.5) is 24.7 Å². The predicted molar refractivity (Wildman–Crippen MR) is 154 cm³/mol. The van der Waals surface area contributed by atoms with Crippen LogP contribution in [-0.2, 0) is 16.8 Å². The van der Waals surface area contributed by atoms with Crippen molar-refractivity contribution in [3.05, 3.63) is 47.2 Å². The summed E-state index contributed by atoms with van der Waals surface area (Å²) in [6.45, 7) is 8.22. The predicted octanol–water partition coefficient (Wildman–Crippen LogP) is 4.80. The number of halogens is 3. The van der Waals surface area contributed by atoms with Gasteiger partial charge in [-0.05, 0) is 36.6 Å². The van der Waals surface area contributed by atoms with E-state index in [1.54, 1.807) is 24.0 Å². The molecule has 1 aromatic heterocycles. The van der Waals surface area contributed by atoms with E-state index in [1.807, 2.05) is 26.1 Å². The molecule has 0 bridgehead atoms. The van der Waals surface area contributed by atoms with Gasteiger partial charge in [0, 0.05) is 35.1 Å². The number of benzene rings is 2. The number of amides is 2. The molecule has 3 aromatic rings. The summed E-state index contributed by atoms with van der Waals surface area (Å²) < 4.78 is 52.7. The molecule has 4 rings (SSSR count). The number of nitriles is 1. The Balaban J connectivity index is 1.86. The first-order valence-corrected chi connectivity index (χ1v) is 13.6. The van der Waals surface area contributed by atoms with Gasteiger partial charge >= 0.3 is 12.1 Å². The van der Waals surface area contributed by atoms with Crippen molar-refractivity contribution in [3.63, 3.8) is 0 Å². The number of fused-ring (bicyclic) bond motifs is 2. The van der Waals surface area contributed by atoms with Crippen molar-refractivity contribution in [1.82, 2.24) is 9.88 Å². The Morgan fingerprint density at radius 1 is 1.14 bits per heavy atom. The van der Waals surface area contributed by atoms with Gasteiger partial charge in [-0.15, -0.1) is 0 Å². The molecule has 0 saturated heterocycles. The van der Waals surface area contributed by atoms with E-state index >= 15 is 0 Å². The van der Waals surface area contributed by atoms with Gasteiger partial charge in [-0.2, -0.15) is 18.4 Å². The fourth-order valence-corrected chi connectivity index (χ4v) is 4.92. The van der Waals surface area contributed by atoms with Crippen molar-refractivity contribution in [1.29, 1.82) is 5.26 Å². The zero-order valence-electron chi connectivity index (χ0n) is 24.4. The quantitative estimate of drug-likeness (QED) is 0.281. The third-order valence-corrected chi connectivity index (χ3v) is 6.97. The number of alkyl halides is 3. The van der Waals surface area contributed by atoms with Crippen molar-refractivity contribution in [2.75, 3.05) is 43.6 Å². The molecule has 0 fully saturated rings. The minimum atomic E-state index is -5.20. The van der Waals surface area contributed by atoms with Gasteiger partial charge in [-0.25, -0.2) is 0 Å². The molecule has 0 unspecified atom stereocenters. The summed E-state index contributed by atoms with van der Waals surface area (Å²) in [7, 11) is 1.39. The molecular weight excluding hydrogens is 567 g/mol. The summed E-state index contributed by atoms with van der Waals surface area (Å²) >= 11 is 0. The molecule has 2 heterocycles. The van der Waals surface area contributed by atoms with Crippen LogP contribution in [0.25, 0.3) is 10.8 Å². The molecule has 10 nitrogen and oxygen atoms in total. The first-order valence-electron chi connectivity index (χ1n) is 13.6. The summed E-state index contributed by atoms with van der Waals surface area (Å²) in [5.74, 6) is -2.79. The number of rotatable bonds is 8. The molecule has 13 heteroatoms. The van der Waals surface area contributed by atoms with Crippen LogP contribution in [0.3, 0.4) is 0 Å². The highest BCUT2D eigenvalue weighted by atomic mass is 19.4. The third kappa shape index (κ3) is 6.38. The Hall–Kier alpha value is -4.73. The number of nitrogens with zero attached hydrogens (tertiary/aromatic N) is 3. The van der Waals surface area contributed by atoms with Gasteiger partial charge in [-0.1, -0.05) is 20.8 Å². The molecule has 2 N–H and O–H groups in total. The van der Waals surface area contributed by atoms with Gasteiger partial charge in [0.25, 0.3) is 5.91 Å². The van der Waals surface area contributed by atoms with E-state index in [9.17, 15) is 32.8 Å². The van der Waals surface area contributed by atoms with Crippen LogP contribution in [0, 0.1) is 11.3 Å². The number of aromatic nitrogens is 1. The Morgan fingerprint density at radius 3 is 2.47 bits per heavy atom. The molecule has 0 atom stereocenters. The number of hydrogen-bond donors (Lipinski definition) is 2. The minimum absolute atomic E-state index is 0.0468. The molecule has 43 heavy (non-hydrogen) atoms. The van der Waals surface area contributed by atoms with E-state index in [-0.39, 0.29) is 41.2 Å². The number of Topliss-reactive ketones (excluding diaryl/α,β-unsaturated/α-hetero) is 1. The van der Waals surface area contributed by atoms with Crippen molar-refractivity contribution in [3.8, 4) is 17.6 Å². The maximum absolute atomic E-state index is 13.8. The van der Waals surface area contributed by atoms with Crippen molar-refractivity contribution in [2.45, 2.75) is 45.8 Å². The van der Waals surface area contributed by atoms with Gasteiger partial charge in [0.05, 0.1) is 37.0 Å². The number of hydrogen-bond acceptors (Lipinski definition) is 7. The topological polar surface area (TPSA) is 126 Å². The number of ketones is 1. The van der Waals surface area contributed by atoms with Crippen molar-refractivity contribution >= 4 is 39.9 Å². The molecule has 1 aliphatic rings. The summed E-state index contributed by atoms with van der Waals surface area (Å²) in [6, 6.07) is 8.21. The second-order valence-electron chi connectivity index (χ2n) is 11.0. The van der Waals surface area contributed by atoms with Crippen LogP contribution in [-0.4, -0.2) is 61.7 Å². The first kappa shape index (κ1) is 31.2. The van der Waals surface area contributed by atoms with Crippen molar-refractivity contribution < 1.29 is 37.0 Å². The van der Waals surface area contributed by atoms with Crippen LogP contribution in [0.2, 0.25) is 0 Å². The van der Waals surface area contributed by atoms with Crippen LogP contribution >= 0.6 is 0 Å². The monoisotopic (exact) mass is 599 g/mol. The fourth-order valence-electron chi connectivity index (χ4n) is 4.92. The third-order valence-electron chi connectivity index (χ3n) is 6.97. The fraction of sp³-hybridized carbons (Fsp3) is 0.400. The van der Waals surface area contributed by atoms with Crippen LogP contribution < -0.4 is 25.0 Å². The van der Waals surface area contributed by atoms with E-state index in [2.05, 4.69) is 11.4 Å². The van der Waals surface area contributed by atoms with E-state index < -0.39 is 35.7 Å². The zero-order chi connectivity index (χ0) is 31.7. The second-order valence-corrected chi connectivity index (χ2v) is 11.0. The summed E-state index contributed by atoms with van der Waals surface area (Å²) in [4.78, 5) is 40.2. The summed E-state index contributed by atoms with van der Waals surface area (Å²) in [5, 5.41) is 14.2. The molecule has 0 radical (unpaired) electrons. The van der Waals surface area contributed by atoms with E-state index in [0.29, 0.717) is 30.0 Å². The normalized spacial score (nSPS) is 13.1. The lowest BCUT2D eigenvalue weighted by molar-refractivity contribution is -0.167. The average Bonchev–Trinajstić information content (AvgIpc) is 3.26. The number of nitrogens with one attached hydrogen (secondary N) is 2. The van der Waals surface area contributed by atoms with Gasteiger partial charge < -0.3 is 29.6 Å². The Kier molecular flexibility index (Phi) is 8.62. The standard InChI is InChI=1S/C30H32F3N5O5/c1-6-42-24-13-18-15-38(26(36-28(41)30(31,32)33)19(18)14-20(24)27(40)35-5)16-23(39)17-11-21(29(2,3)4)25-22(12-17)37(8-7-34)9-10-43-25/h11-15H,6,8-10,16H2,1-5H3,(H,35,40)(H,36,41). The molecule has 1 aliphatic heterocycles. The minimum Gasteiger partial charge on any atom is -0.493 e. The average molecular weight is 600 g/mol. The van der Waals surface area contributed by atoms with Crippen LogP contribution in [0.1, 0.15) is 54.0 Å². The van der Waals surface area contributed by atoms with Gasteiger partial charge in [0.15, 0.2) is 5.78 Å². The molecule has 0 aliphatic carbocycles. The molecule has 2 aromatic carbocycles. The summed E-state index contributed by atoms with van der Waals surface area (Å²) in [6.07, 6.45) is -3.78. The lowest BCUT2D eigenvalue weighted by Gasteiger charge is -2.34. The molecule has 228 valence electrons. The van der Waals surface area contributed by atoms with Crippen molar-refractivity contribution in [2.24, 2.45) is 0 Å². The highest BCUT2D eigenvalue weighted by Gasteiger charge is 2.39. The Labute approximate surface area is 246 Å². The van der Waals surface area contributed by atoms with Crippen LogP contribution in [0.5, 0.6) is 11.5 Å². The Bertz CT molecular complexity index is 1630. The highest BCUT2D eigenvalue weighted by molar-refractivity contribution is 6.08. The number of ether oxygens (including phenoxy) is 2. The smallest absolute Gasteiger partial charge is 0.471 e. The Morgan fingerprint density at radius 2 is 1.86 bits per heavy atom. The summed E-state index contributed by atoms with van der Waals surface area (Å²) in [5.41, 5.74) is 1.16. The molecule has 0 spiro atoms. The van der Waals surface area contributed by atoms with Gasteiger partial charge in [0.1, 0.15) is 30.5 Å². The number of carbonyl (C=O) groups excluding carboxylic acids is 3. The van der Waals surface area contributed by atoms with Gasteiger partial charge in [-0.3, -0.25) is 14.4 Å². The zero-order valence-corrected chi connectivity index (χ0v) is 24.4. The lowest BCUT2D eigenvalue weighted by atomic mass is 9.84.